The summed E-state index contributed by atoms with van der Waals surface area (Å²) in [4.78, 5) is 37.5. The van der Waals surface area contributed by atoms with Crippen molar-refractivity contribution >= 4 is 19.8 Å². The van der Waals surface area contributed by atoms with Crippen LogP contribution in [0.2, 0.25) is 0 Å². The molecule has 0 heterocycles. The third-order valence-corrected chi connectivity index (χ3v) is 10.3. The topological polar surface area (TPSA) is 111 Å². The van der Waals surface area contributed by atoms with E-state index < -0.39 is 32.5 Å². The summed E-state index contributed by atoms with van der Waals surface area (Å²) in [7, 11) is 1.15. The minimum atomic E-state index is -4.63. The summed E-state index contributed by atoms with van der Waals surface area (Å²) in [5.41, 5.74) is 0. The predicted octanol–water partition coefficient (Wildman–Crippen LogP) is 12.1. The molecular weight excluding hydrogens is 725 g/mol. The molecule has 0 bridgehead atoms. The van der Waals surface area contributed by atoms with Gasteiger partial charge in [0.25, 0.3) is 7.82 Å². The lowest BCUT2D eigenvalue weighted by Crippen LogP contribution is -2.37. The van der Waals surface area contributed by atoms with Gasteiger partial charge in [0.15, 0.2) is 6.10 Å². The van der Waals surface area contributed by atoms with Gasteiger partial charge < -0.3 is 27.9 Å². The molecule has 9 nitrogen and oxygen atoms in total. The average Bonchev–Trinajstić information content (AvgIpc) is 3.15. The van der Waals surface area contributed by atoms with E-state index in [2.05, 4.69) is 62.5 Å². The number of unbranched alkanes of at least 4 members (excludes halogenated alkanes) is 18. The van der Waals surface area contributed by atoms with Crippen LogP contribution in [0.5, 0.6) is 0 Å². The van der Waals surface area contributed by atoms with Crippen molar-refractivity contribution in [3.63, 3.8) is 0 Å². The molecule has 0 fully saturated rings. The Morgan fingerprint density at radius 3 is 1.54 bits per heavy atom. The van der Waals surface area contributed by atoms with Crippen LogP contribution in [0.1, 0.15) is 181 Å². The maximum atomic E-state index is 12.7. The smallest absolute Gasteiger partial charge is 0.306 e. The molecule has 56 heavy (non-hydrogen) atoms. The van der Waals surface area contributed by atoms with Gasteiger partial charge in [-0.15, -0.1) is 0 Å². The van der Waals surface area contributed by atoms with E-state index in [4.69, 9.17) is 18.5 Å². The van der Waals surface area contributed by atoms with Gasteiger partial charge in [0.05, 0.1) is 27.7 Å². The largest absolute Gasteiger partial charge is 0.756 e. The zero-order valence-corrected chi connectivity index (χ0v) is 37.5. The Balaban J connectivity index is 4.37. The predicted molar refractivity (Wildman–Crippen MR) is 231 cm³/mol. The van der Waals surface area contributed by atoms with Crippen LogP contribution in [0.3, 0.4) is 0 Å². The lowest BCUT2D eigenvalue weighted by Gasteiger charge is -2.28. The Morgan fingerprint density at radius 1 is 0.571 bits per heavy atom. The monoisotopic (exact) mass is 810 g/mol. The highest BCUT2D eigenvalue weighted by Crippen LogP contribution is 2.38. The summed E-state index contributed by atoms with van der Waals surface area (Å²) in [6.07, 6.45) is 44.2. The number of carbonyl (C=O) groups is 2. The van der Waals surface area contributed by atoms with Gasteiger partial charge in [-0.1, -0.05) is 146 Å². The fraction of sp³-hybridized carbons (Fsp3) is 0.783. The number of likely N-dealkylation sites (N-methyl/N-ethyl adjacent to an activating group) is 1. The van der Waals surface area contributed by atoms with Gasteiger partial charge in [-0.2, -0.15) is 0 Å². The summed E-state index contributed by atoms with van der Waals surface area (Å²) < 4.78 is 33.9. The van der Waals surface area contributed by atoms with Crippen molar-refractivity contribution in [1.29, 1.82) is 0 Å². The molecular formula is C46H84NO8P. The SMILES string of the molecule is CC/C=C/C/C=C/C/C=C/CCCCCCCC(=O)O[C@H](COC(=O)CCCCCCCCC/C=C/CCCCCCCC)COP(=O)([O-])OCC[N+](C)(C)C. The summed E-state index contributed by atoms with van der Waals surface area (Å²) >= 11 is 0. The van der Waals surface area contributed by atoms with E-state index >= 15 is 0 Å². The summed E-state index contributed by atoms with van der Waals surface area (Å²) in [6, 6.07) is 0. The molecule has 0 aliphatic rings. The van der Waals surface area contributed by atoms with Crippen molar-refractivity contribution < 1.29 is 42.1 Å². The number of carbonyl (C=O) groups excluding carboxylic acids is 2. The molecule has 0 aromatic rings. The minimum Gasteiger partial charge on any atom is -0.756 e. The van der Waals surface area contributed by atoms with Crippen molar-refractivity contribution in [3.05, 3.63) is 48.6 Å². The number of rotatable bonds is 40. The second kappa shape index (κ2) is 38.5. The molecule has 2 atom stereocenters. The Hall–Kier alpha value is -2.03. The molecule has 0 spiro atoms. The molecule has 0 aliphatic carbocycles. The first-order valence-corrected chi connectivity index (χ1v) is 23.8. The van der Waals surface area contributed by atoms with Crippen molar-refractivity contribution in [2.75, 3.05) is 47.5 Å². The number of phosphoric acid groups is 1. The highest BCUT2D eigenvalue weighted by molar-refractivity contribution is 7.45. The average molecular weight is 810 g/mol. The van der Waals surface area contributed by atoms with E-state index in [0.717, 1.165) is 83.5 Å². The maximum absolute atomic E-state index is 12.7. The van der Waals surface area contributed by atoms with E-state index in [1.54, 1.807) is 0 Å². The van der Waals surface area contributed by atoms with Gasteiger partial charge in [0.1, 0.15) is 19.8 Å². The van der Waals surface area contributed by atoms with Gasteiger partial charge in [-0.05, 0) is 70.6 Å². The van der Waals surface area contributed by atoms with Gasteiger partial charge in [0, 0.05) is 12.8 Å². The lowest BCUT2D eigenvalue weighted by molar-refractivity contribution is -0.870. The quantitative estimate of drug-likeness (QED) is 0.0198. The van der Waals surface area contributed by atoms with Crippen LogP contribution in [0, 0.1) is 0 Å². The van der Waals surface area contributed by atoms with Crippen LogP contribution >= 0.6 is 7.82 Å². The highest BCUT2D eigenvalue weighted by atomic mass is 31.2. The third-order valence-electron chi connectivity index (χ3n) is 9.33. The molecule has 0 radical (unpaired) electrons. The number of hydrogen-bond donors (Lipinski definition) is 0. The molecule has 0 rings (SSSR count). The third kappa shape index (κ3) is 41.6. The van der Waals surface area contributed by atoms with E-state index in [0.29, 0.717) is 17.4 Å². The number of ether oxygens (including phenoxy) is 2. The molecule has 0 amide bonds. The molecule has 0 saturated carbocycles. The van der Waals surface area contributed by atoms with Crippen molar-refractivity contribution in [2.45, 2.75) is 187 Å². The van der Waals surface area contributed by atoms with Crippen LogP contribution in [0.4, 0.5) is 0 Å². The fourth-order valence-corrected chi connectivity index (χ4v) is 6.57. The number of nitrogens with zero attached hydrogens (tertiary/aromatic N) is 1. The summed E-state index contributed by atoms with van der Waals surface area (Å²) in [5.74, 6) is -0.860. The molecule has 326 valence electrons. The maximum Gasteiger partial charge on any atom is 0.306 e. The van der Waals surface area contributed by atoms with E-state index in [-0.39, 0.29) is 26.1 Å². The van der Waals surface area contributed by atoms with Crippen LogP contribution in [0.15, 0.2) is 48.6 Å². The van der Waals surface area contributed by atoms with Gasteiger partial charge >= 0.3 is 11.9 Å². The number of esters is 2. The van der Waals surface area contributed by atoms with E-state index in [9.17, 15) is 19.0 Å². The molecule has 1 unspecified atom stereocenters. The Bertz CT molecular complexity index is 1100. The van der Waals surface area contributed by atoms with Gasteiger partial charge in [0.2, 0.25) is 0 Å². The molecule has 0 aromatic carbocycles. The van der Waals surface area contributed by atoms with Gasteiger partial charge in [-0.25, -0.2) is 0 Å². The first-order valence-electron chi connectivity index (χ1n) is 22.3. The Morgan fingerprint density at radius 2 is 1.02 bits per heavy atom. The zero-order valence-electron chi connectivity index (χ0n) is 36.6. The number of hydrogen-bond acceptors (Lipinski definition) is 8. The summed E-state index contributed by atoms with van der Waals surface area (Å²) in [5, 5.41) is 0. The number of allylic oxidation sites excluding steroid dienone is 8. The van der Waals surface area contributed by atoms with E-state index in [1.165, 1.54) is 64.2 Å². The second-order valence-corrected chi connectivity index (χ2v) is 17.4. The summed E-state index contributed by atoms with van der Waals surface area (Å²) in [6.45, 7) is 4.08. The Kier molecular flexibility index (Phi) is 37.1. The Labute approximate surface area is 343 Å². The van der Waals surface area contributed by atoms with Crippen LogP contribution in [-0.4, -0.2) is 70.0 Å². The van der Waals surface area contributed by atoms with Crippen LogP contribution in [-0.2, 0) is 32.7 Å². The van der Waals surface area contributed by atoms with Crippen LogP contribution in [0.25, 0.3) is 0 Å². The molecule has 0 saturated heterocycles. The molecule has 0 N–H and O–H groups in total. The fourth-order valence-electron chi connectivity index (χ4n) is 5.84. The first kappa shape index (κ1) is 54.0. The lowest BCUT2D eigenvalue weighted by atomic mass is 10.1. The normalized spacial score (nSPS) is 14.0. The number of phosphoric ester groups is 1. The van der Waals surface area contributed by atoms with Gasteiger partial charge in [-0.3, -0.25) is 14.2 Å². The standard InChI is InChI=1S/C46H84NO8P/c1-6-8-10-12-14-16-18-20-22-23-25-26-28-30-32-34-36-38-45(48)52-42-44(43-54-56(50,51)53-41-40-47(3,4)5)55-46(49)39-37-35-33-31-29-27-24-21-19-17-15-13-11-9-7-2/h9,11,15,17,20-22,24,44H,6-8,10,12-14,16,18-19,23,25-43H2,1-5H3/b11-9+,17-15+,22-20+,24-21+/t44-/m1/s1. The highest BCUT2D eigenvalue weighted by Gasteiger charge is 2.21. The zero-order chi connectivity index (χ0) is 41.4. The number of quaternary nitrogens is 1. The first-order chi connectivity index (χ1) is 27.0. The van der Waals surface area contributed by atoms with E-state index in [1.807, 2.05) is 21.1 Å². The second-order valence-electron chi connectivity index (χ2n) is 16.0. The van der Waals surface area contributed by atoms with Crippen molar-refractivity contribution in [2.24, 2.45) is 0 Å². The molecule has 0 aromatic heterocycles. The van der Waals surface area contributed by atoms with Crippen molar-refractivity contribution in [1.82, 2.24) is 0 Å². The minimum absolute atomic E-state index is 0.0365. The molecule has 0 aliphatic heterocycles. The van der Waals surface area contributed by atoms with Crippen LogP contribution < -0.4 is 4.89 Å². The van der Waals surface area contributed by atoms with Crippen molar-refractivity contribution in [3.8, 4) is 0 Å². The molecule has 10 heteroatoms.